The lowest BCUT2D eigenvalue weighted by atomic mass is 9.97. The van der Waals surface area contributed by atoms with Gasteiger partial charge in [0, 0.05) is 13.1 Å². The zero-order chi connectivity index (χ0) is 12.8. The van der Waals surface area contributed by atoms with Crippen LogP contribution in [-0.2, 0) is 4.79 Å². The Balaban J connectivity index is 2.41. The molecule has 1 aliphatic heterocycles. The van der Waals surface area contributed by atoms with Crippen molar-refractivity contribution >= 4 is 12.0 Å². The van der Waals surface area contributed by atoms with Crippen molar-refractivity contribution in [3.63, 3.8) is 0 Å². The van der Waals surface area contributed by atoms with Gasteiger partial charge in [-0.05, 0) is 19.3 Å². The zero-order valence-electron chi connectivity index (χ0n) is 9.98. The first-order chi connectivity index (χ1) is 8.08. The van der Waals surface area contributed by atoms with Gasteiger partial charge in [0.05, 0.1) is 12.0 Å². The van der Waals surface area contributed by atoms with Gasteiger partial charge in [-0.2, -0.15) is 0 Å². The van der Waals surface area contributed by atoms with Crippen LogP contribution >= 0.6 is 0 Å². The summed E-state index contributed by atoms with van der Waals surface area (Å²) in [5.41, 5.74) is 0. The monoisotopic (exact) mass is 238 g/mol. The third-order valence-electron chi connectivity index (χ3n) is 3.04. The standard InChI is InChI=1S/C12H18N2O3/c1-3-10(4-2)13-12(17)14-7-5-9(6-8-14)11(15)16/h1,9-10H,4-8H2,2H3,(H,13,17)(H,15,16). The van der Waals surface area contributed by atoms with Crippen LogP contribution in [0.25, 0.3) is 0 Å². The van der Waals surface area contributed by atoms with Crippen molar-refractivity contribution < 1.29 is 14.7 Å². The third-order valence-corrected chi connectivity index (χ3v) is 3.04. The number of amides is 2. The van der Waals surface area contributed by atoms with Crippen LogP contribution in [0.2, 0.25) is 0 Å². The molecule has 0 radical (unpaired) electrons. The molecule has 1 atom stereocenters. The first kappa shape index (κ1) is 13.4. The van der Waals surface area contributed by atoms with Gasteiger partial charge in [-0.1, -0.05) is 12.8 Å². The highest BCUT2D eigenvalue weighted by Crippen LogP contribution is 2.17. The normalized spacial score (nSPS) is 18.2. The van der Waals surface area contributed by atoms with Crippen LogP contribution in [0.15, 0.2) is 0 Å². The Bertz CT molecular complexity index is 327. The molecule has 0 aromatic carbocycles. The maximum atomic E-state index is 11.8. The van der Waals surface area contributed by atoms with Gasteiger partial charge in [0.1, 0.15) is 0 Å². The number of urea groups is 1. The number of piperidine rings is 1. The number of carboxylic acids is 1. The fourth-order valence-electron chi connectivity index (χ4n) is 1.83. The molecule has 1 rings (SSSR count). The molecule has 1 fully saturated rings. The van der Waals surface area contributed by atoms with E-state index in [1.807, 2.05) is 6.92 Å². The van der Waals surface area contributed by atoms with E-state index in [2.05, 4.69) is 11.2 Å². The Labute approximate surface area is 101 Å². The fraction of sp³-hybridized carbons (Fsp3) is 0.667. The molecule has 0 aromatic heterocycles. The summed E-state index contributed by atoms with van der Waals surface area (Å²) in [7, 11) is 0. The second-order valence-corrected chi connectivity index (χ2v) is 4.18. The van der Waals surface area contributed by atoms with E-state index in [9.17, 15) is 9.59 Å². The van der Waals surface area contributed by atoms with Gasteiger partial charge in [0.2, 0.25) is 0 Å². The topological polar surface area (TPSA) is 69.6 Å². The van der Waals surface area contributed by atoms with E-state index >= 15 is 0 Å². The Hall–Kier alpha value is -1.70. The summed E-state index contributed by atoms with van der Waals surface area (Å²) in [6.45, 7) is 2.86. The highest BCUT2D eigenvalue weighted by molar-refractivity contribution is 5.76. The summed E-state index contributed by atoms with van der Waals surface area (Å²) in [6, 6.07) is -0.446. The van der Waals surface area contributed by atoms with Crippen molar-refractivity contribution in [2.24, 2.45) is 5.92 Å². The molecule has 2 N–H and O–H groups in total. The minimum absolute atomic E-state index is 0.196. The molecular formula is C12H18N2O3. The van der Waals surface area contributed by atoms with Crippen LogP contribution < -0.4 is 5.32 Å². The van der Waals surface area contributed by atoms with Gasteiger partial charge in [-0.3, -0.25) is 4.79 Å². The SMILES string of the molecule is C#CC(CC)NC(=O)N1CCC(C(=O)O)CC1. The van der Waals surface area contributed by atoms with Gasteiger partial charge < -0.3 is 15.3 Å². The number of aliphatic carboxylic acids is 1. The molecule has 1 aliphatic rings. The number of nitrogens with zero attached hydrogens (tertiary/aromatic N) is 1. The van der Waals surface area contributed by atoms with Crippen molar-refractivity contribution in [2.45, 2.75) is 32.2 Å². The number of hydrogen-bond acceptors (Lipinski definition) is 2. The molecule has 5 heteroatoms. The average molecular weight is 238 g/mol. The largest absolute Gasteiger partial charge is 0.481 e. The molecule has 0 bridgehead atoms. The van der Waals surface area contributed by atoms with Gasteiger partial charge in [-0.15, -0.1) is 6.42 Å². The molecule has 0 spiro atoms. The van der Waals surface area contributed by atoms with Crippen LogP contribution in [0, 0.1) is 18.3 Å². The van der Waals surface area contributed by atoms with Gasteiger partial charge in [0.25, 0.3) is 0 Å². The minimum Gasteiger partial charge on any atom is -0.481 e. The number of carbonyl (C=O) groups is 2. The van der Waals surface area contributed by atoms with E-state index in [1.54, 1.807) is 4.90 Å². The van der Waals surface area contributed by atoms with E-state index in [4.69, 9.17) is 11.5 Å². The third kappa shape index (κ3) is 3.66. The molecule has 1 saturated heterocycles. The maximum Gasteiger partial charge on any atom is 0.318 e. The van der Waals surface area contributed by atoms with E-state index < -0.39 is 5.97 Å². The van der Waals surface area contributed by atoms with Crippen molar-refractivity contribution in [1.29, 1.82) is 0 Å². The lowest BCUT2D eigenvalue weighted by Gasteiger charge is -2.30. The lowest BCUT2D eigenvalue weighted by Crippen LogP contribution is -2.48. The molecule has 0 saturated carbocycles. The summed E-state index contributed by atoms with van der Waals surface area (Å²) < 4.78 is 0. The summed E-state index contributed by atoms with van der Waals surface area (Å²) >= 11 is 0. The molecule has 17 heavy (non-hydrogen) atoms. The summed E-state index contributed by atoms with van der Waals surface area (Å²) in [4.78, 5) is 24.2. The van der Waals surface area contributed by atoms with E-state index in [-0.39, 0.29) is 18.0 Å². The molecule has 0 aliphatic carbocycles. The van der Waals surface area contributed by atoms with Crippen molar-refractivity contribution in [2.75, 3.05) is 13.1 Å². The second-order valence-electron chi connectivity index (χ2n) is 4.18. The molecule has 1 unspecified atom stereocenters. The van der Waals surface area contributed by atoms with Crippen LogP contribution in [0.4, 0.5) is 4.79 Å². The molecule has 0 aromatic rings. The summed E-state index contributed by atoms with van der Waals surface area (Å²) in [5.74, 6) is 1.39. The van der Waals surface area contributed by atoms with Crippen molar-refractivity contribution in [3.05, 3.63) is 0 Å². The number of hydrogen-bond donors (Lipinski definition) is 2. The van der Waals surface area contributed by atoms with Gasteiger partial charge in [-0.25, -0.2) is 4.79 Å². The number of likely N-dealkylation sites (tertiary alicyclic amines) is 1. The number of carboxylic acid groups (broad SMARTS) is 1. The Morgan fingerprint density at radius 2 is 2.12 bits per heavy atom. The van der Waals surface area contributed by atoms with Crippen molar-refractivity contribution in [3.8, 4) is 12.3 Å². The minimum atomic E-state index is -0.778. The lowest BCUT2D eigenvalue weighted by molar-refractivity contribution is -0.143. The van der Waals surface area contributed by atoms with Crippen LogP contribution in [0.3, 0.4) is 0 Å². The van der Waals surface area contributed by atoms with E-state index in [0.717, 1.165) is 0 Å². The molecule has 5 nitrogen and oxygen atoms in total. The van der Waals surface area contributed by atoms with Gasteiger partial charge in [0.15, 0.2) is 0 Å². The average Bonchev–Trinajstić information content (AvgIpc) is 2.35. The predicted molar refractivity (Wildman–Crippen MR) is 63.4 cm³/mol. The number of carbonyl (C=O) groups excluding carboxylic acids is 1. The van der Waals surface area contributed by atoms with E-state index in [0.29, 0.717) is 32.4 Å². The van der Waals surface area contributed by atoms with E-state index in [1.165, 1.54) is 0 Å². The van der Waals surface area contributed by atoms with Crippen molar-refractivity contribution in [1.82, 2.24) is 10.2 Å². The van der Waals surface area contributed by atoms with Crippen LogP contribution in [-0.4, -0.2) is 41.1 Å². The first-order valence-corrected chi connectivity index (χ1v) is 5.82. The smallest absolute Gasteiger partial charge is 0.318 e. The molecule has 1 heterocycles. The zero-order valence-corrected chi connectivity index (χ0v) is 9.98. The summed E-state index contributed by atoms with van der Waals surface area (Å²) in [5, 5.41) is 11.6. The Morgan fingerprint density at radius 1 is 1.53 bits per heavy atom. The molecule has 94 valence electrons. The number of terminal acetylenes is 1. The summed E-state index contributed by atoms with van der Waals surface area (Å²) in [6.07, 6.45) is 6.97. The predicted octanol–water partition coefficient (Wildman–Crippen LogP) is 0.904. The van der Waals surface area contributed by atoms with Crippen LogP contribution in [0.1, 0.15) is 26.2 Å². The molecule has 2 amide bonds. The number of rotatable bonds is 3. The Morgan fingerprint density at radius 3 is 2.53 bits per heavy atom. The quantitative estimate of drug-likeness (QED) is 0.718. The van der Waals surface area contributed by atoms with Gasteiger partial charge >= 0.3 is 12.0 Å². The highest BCUT2D eigenvalue weighted by atomic mass is 16.4. The first-order valence-electron chi connectivity index (χ1n) is 5.82. The molecular weight excluding hydrogens is 220 g/mol. The number of nitrogens with one attached hydrogen (secondary N) is 1. The highest BCUT2D eigenvalue weighted by Gasteiger charge is 2.27. The Kier molecular flexibility index (Phi) is 4.83. The maximum absolute atomic E-state index is 11.8. The second kappa shape index (κ2) is 6.14. The fourth-order valence-corrected chi connectivity index (χ4v) is 1.83. The van der Waals surface area contributed by atoms with Crippen LogP contribution in [0.5, 0.6) is 0 Å².